The number of carbonyl (C=O) groups excluding carboxylic acids is 1. The molecule has 0 bridgehead atoms. The lowest BCUT2D eigenvalue weighted by atomic mass is 9.79. The fourth-order valence-electron chi connectivity index (χ4n) is 3.93. The molecule has 0 aromatic heterocycles. The smallest absolute Gasteiger partial charge is 0.230 e. The van der Waals surface area contributed by atoms with Crippen molar-refractivity contribution in [3.8, 4) is 0 Å². The first-order chi connectivity index (χ1) is 9.75. The fraction of sp³-hybridized carbons (Fsp3) is 0.933. The molecule has 2 N–H and O–H groups in total. The lowest BCUT2D eigenvalue weighted by Gasteiger charge is -2.37. The van der Waals surface area contributed by atoms with Crippen LogP contribution in [0.2, 0.25) is 0 Å². The summed E-state index contributed by atoms with van der Waals surface area (Å²) in [6.45, 7) is 6.04. The highest BCUT2D eigenvalue weighted by molar-refractivity contribution is 5.83. The summed E-state index contributed by atoms with van der Waals surface area (Å²) in [4.78, 5) is 17.5. The van der Waals surface area contributed by atoms with Gasteiger partial charge in [-0.2, -0.15) is 0 Å². The zero-order valence-corrected chi connectivity index (χ0v) is 12.4. The van der Waals surface area contributed by atoms with Gasteiger partial charge >= 0.3 is 0 Å². The largest absolute Gasteiger partial charge is 0.381 e. The molecule has 114 valence electrons. The Morgan fingerprint density at radius 1 is 1.20 bits per heavy atom. The summed E-state index contributed by atoms with van der Waals surface area (Å²) in [6.07, 6.45) is 5.33. The van der Waals surface area contributed by atoms with Crippen LogP contribution in [0.15, 0.2) is 0 Å². The van der Waals surface area contributed by atoms with Crippen LogP contribution < -0.4 is 5.73 Å². The number of nitrogens with two attached hydrogens (primary N) is 1. The highest BCUT2D eigenvalue weighted by Gasteiger charge is 2.43. The van der Waals surface area contributed by atoms with Crippen LogP contribution in [0.5, 0.6) is 0 Å². The van der Waals surface area contributed by atoms with Crippen LogP contribution in [-0.2, 0) is 9.53 Å². The lowest BCUT2D eigenvalue weighted by Crippen LogP contribution is -2.50. The van der Waals surface area contributed by atoms with E-state index in [0.29, 0.717) is 25.8 Å². The van der Waals surface area contributed by atoms with Gasteiger partial charge in [0.05, 0.1) is 5.41 Å². The summed E-state index contributed by atoms with van der Waals surface area (Å²) in [6, 6.07) is 0.580. The van der Waals surface area contributed by atoms with Gasteiger partial charge in [0, 0.05) is 38.9 Å². The van der Waals surface area contributed by atoms with Crippen LogP contribution in [0.3, 0.4) is 0 Å². The monoisotopic (exact) mass is 281 g/mol. The van der Waals surface area contributed by atoms with Gasteiger partial charge in [0.1, 0.15) is 0 Å². The molecular formula is C15H27N3O2. The molecule has 0 aliphatic carbocycles. The van der Waals surface area contributed by atoms with E-state index in [1.54, 1.807) is 0 Å². The first-order valence-corrected chi connectivity index (χ1v) is 8.06. The van der Waals surface area contributed by atoms with Gasteiger partial charge in [-0.15, -0.1) is 0 Å². The molecule has 0 aromatic rings. The molecule has 3 heterocycles. The Morgan fingerprint density at radius 3 is 2.55 bits per heavy atom. The van der Waals surface area contributed by atoms with Crippen molar-refractivity contribution in [3.05, 3.63) is 0 Å². The Kier molecular flexibility index (Phi) is 4.29. The number of amides is 1. The van der Waals surface area contributed by atoms with Crippen LogP contribution in [0.1, 0.15) is 32.1 Å². The molecule has 3 aliphatic rings. The minimum atomic E-state index is -0.349. The number of likely N-dealkylation sites (tertiary alicyclic amines) is 2. The van der Waals surface area contributed by atoms with Gasteiger partial charge in [-0.1, -0.05) is 0 Å². The van der Waals surface area contributed by atoms with Gasteiger partial charge in [0.2, 0.25) is 5.91 Å². The average molecular weight is 281 g/mol. The van der Waals surface area contributed by atoms with Crippen LogP contribution in [0, 0.1) is 5.41 Å². The number of rotatable bonds is 3. The molecule has 1 unspecified atom stereocenters. The third kappa shape index (κ3) is 2.59. The van der Waals surface area contributed by atoms with E-state index in [-0.39, 0.29) is 11.3 Å². The zero-order valence-electron chi connectivity index (χ0n) is 12.4. The van der Waals surface area contributed by atoms with Gasteiger partial charge in [-0.3, -0.25) is 9.69 Å². The summed E-state index contributed by atoms with van der Waals surface area (Å²) >= 11 is 0. The van der Waals surface area contributed by atoms with Crippen molar-refractivity contribution in [1.29, 1.82) is 0 Å². The van der Waals surface area contributed by atoms with E-state index in [1.165, 1.54) is 25.9 Å². The maximum absolute atomic E-state index is 12.9. The molecule has 1 amide bonds. The third-order valence-corrected chi connectivity index (χ3v) is 5.40. The average Bonchev–Trinajstić information content (AvgIpc) is 3.17. The van der Waals surface area contributed by atoms with Crippen LogP contribution in [0.4, 0.5) is 0 Å². The number of nitrogens with zero attached hydrogens (tertiary/aromatic N) is 2. The summed E-state index contributed by atoms with van der Waals surface area (Å²) in [5.41, 5.74) is 5.60. The molecule has 0 aromatic carbocycles. The predicted molar refractivity (Wildman–Crippen MR) is 77.3 cm³/mol. The molecule has 20 heavy (non-hydrogen) atoms. The van der Waals surface area contributed by atoms with Crippen LogP contribution in [-0.4, -0.2) is 67.7 Å². The van der Waals surface area contributed by atoms with Crippen molar-refractivity contribution in [2.75, 3.05) is 45.9 Å². The first-order valence-electron chi connectivity index (χ1n) is 8.06. The number of hydrogen-bond acceptors (Lipinski definition) is 4. The second-order valence-electron chi connectivity index (χ2n) is 6.53. The van der Waals surface area contributed by atoms with Crippen molar-refractivity contribution < 1.29 is 9.53 Å². The Bertz CT molecular complexity index is 349. The summed E-state index contributed by atoms with van der Waals surface area (Å²) < 4.78 is 5.41. The predicted octanol–water partition coefficient (Wildman–Crippen LogP) is 0.439. The maximum Gasteiger partial charge on any atom is 0.230 e. The molecule has 3 fully saturated rings. The van der Waals surface area contributed by atoms with Gasteiger partial charge in [-0.25, -0.2) is 0 Å². The van der Waals surface area contributed by atoms with E-state index in [9.17, 15) is 4.79 Å². The molecule has 3 saturated heterocycles. The SMILES string of the molecule is NCC1(C(=O)N2CCC(N3CCCC3)C2)CCOCC1. The van der Waals surface area contributed by atoms with E-state index in [4.69, 9.17) is 10.5 Å². The van der Waals surface area contributed by atoms with Crippen molar-refractivity contribution in [2.24, 2.45) is 11.1 Å². The van der Waals surface area contributed by atoms with E-state index < -0.39 is 0 Å². The molecule has 0 spiro atoms. The van der Waals surface area contributed by atoms with Crippen molar-refractivity contribution >= 4 is 5.91 Å². The lowest BCUT2D eigenvalue weighted by molar-refractivity contribution is -0.146. The molecule has 5 heteroatoms. The quantitative estimate of drug-likeness (QED) is 0.815. The second kappa shape index (κ2) is 6.00. The maximum atomic E-state index is 12.9. The van der Waals surface area contributed by atoms with Gasteiger partial charge in [0.15, 0.2) is 0 Å². The van der Waals surface area contributed by atoms with E-state index in [2.05, 4.69) is 9.80 Å². The Hall–Kier alpha value is -0.650. The molecule has 1 atom stereocenters. The second-order valence-corrected chi connectivity index (χ2v) is 6.53. The summed E-state index contributed by atoms with van der Waals surface area (Å²) in [7, 11) is 0. The van der Waals surface area contributed by atoms with Crippen molar-refractivity contribution in [2.45, 2.75) is 38.1 Å². The highest BCUT2D eigenvalue weighted by atomic mass is 16.5. The number of hydrogen-bond donors (Lipinski definition) is 1. The van der Waals surface area contributed by atoms with Gasteiger partial charge < -0.3 is 15.4 Å². The number of carbonyl (C=O) groups is 1. The van der Waals surface area contributed by atoms with Gasteiger partial charge in [-0.05, 0) is 45.2 Å². The summed E-state index contributed by atoms with van der Waals surface area (Å²) in [5.74, 6) is 0.282. The Balaban J connectivity index is 1.62. The highest BCUT2D eigenvalue weighted by Crippen LogP contribution is 2.33. The van der Waals surface area contributed by atoms with Crippen molar-refractivity contribution in [3.63, 3.8) is 0 Å². The van der Waals surface area contributed by atoms with E-state index in [1.807, 2.05) is 0 Å². The van der Waals surface area contributed by atoms with E-state index in [0.717, 1.165) is 32.4 Å². The van der Waals surface area contributed by atoms with E-state index >= 15 is 0 Å². The van der Waals surface area contributed by atoms with Crippen LogP contribution >= 0.6 is 0 Å². The normalized spacial score (nSPS) is 30.9. The molecule has 3 rings (SSSR count). The van der Waals surface area contributed by atoms with Gasteiger partial charge in [0.25, 0.3) is 0 Å². The molecule has 0 saturated carbocycles. The Morgan fingerprint density at radius 2 is 1.90 bits per heavy atom. The standard InChI is InChI=1S/C15H27N3O2/c16-12-15(4-9-20-10-5-15)14(19)18-8-3-13(11-18)17-6-1-2-7-17/h13H,1-12,16H2. The van der Waals surface area contributed by atoms with Crippen LogP contribution in [0.25, 0.3) is 0 Å². The molecular weight excluding hydrogens is 254 g/mol. The fourth-order valence-corrected chi connectivity index (χ4v) is 3.93. The first kappa shape index (κ1) is 14.3. The minimum absolute atomic E-state index is 0.282. The van der Waals surface area contributed by atoms with Crippen molar-refractivity contribution in [1.82, 2.24) is 9.80 Å². The Labute approximate surface area is 121 Å². The third-order valence-electron chi connectivity index (χ3n) is 5.40. The molecule has 3 aliphatic heterocycles. The number of ether oxygens (including phenoxy) is 1. The molecule has 5 nitrogen and oxygen atoms in total. The summed E-state index contributed by atoms with van der Waals surface area (Å²) in [5, 5.41) is 0. The molecule has 0 radical (unpaired) electrons. The zero-order chi connectivity index (χ0) is 14.0. The minimum Gasteiger partial charge on any atom is -0.381 e. The topological polar surface area (TPSA) is 58.8 Å².